The van der Waals surface area contributed by atoms with E-state index in [2.05, 4.69) is 34.1 Å². The van der Waals surface area contributed by atoms with E-state index >= 15 is 0 Å². The smallest absolute Gasteiger partial charge is 0.275 e. The van der Waals surface area contributed by atoms with Crippen LogP contribution in [0.25, 0.3) is 21.4 Å². The van der Waals surface area contributed by atoms with Gasteiger partial charge in [-0.05, 0) is 5.92 Å². The van der Waals surface area contributed by atoms with Gasteiger partial charge >= 0.3 is 0 Å². The Kier molecular flexibility index (Phi) is 3.21. The van der Waals surface area contributed by atoms with Gasteiger partial charge in [-0.15, -0.1) is 0 Å². The summed E-state index contributed by atoms with van der Waals surface area (Å²) in [5.41, 5.74) is 2.67. The SMILES string of the molecule is CNc1nc2sc(OCC(C)C)nc2c2c1ncn2C. The van der Waals surface area contributed by atoms with Gasteiger partial charge in [-0.3, -0.25) is 0 Å². The lowest BCUT2D eigenvalue weighted by atomic mass is 10.2. The van der Waals surface area contributed by atoms with Gasteiger partial charge in [-0.25, -0.2) is 9.97 Å². The molecule has 0 saturated heterocycles. The summed E-state index contributed by atoms with van der Waals surface area (Å²) in [5.74, 6) is 1.24. The second kappa shape index (κ2) is 4.90. The highest BCUT2D eigenvalue weighted by Crippen LogP contribution is 2.34. The van der Waals surface area contributed by atoms with Crippen molar-refractivity contribution in [1.29, 1.82) is 0 Å². The van der Waals surface area contributed by atoms with Gasteiger partial charge in [-0.2, -0.15) is 4.98 Å². The van der Waals surface area contributed by atoms with E-state index in [9.17, 15) is 0 Å². The number of anilines is 1. The molecule has 0 fully saturated rings. The van der Waals surface area contributed by atoms with Gasteiger partial charge in [0.15, 0.2) is 10.6 Å². The molecule has 3 heterocycles. The fraction of sp³-hybridized carbons (Fsp3) is 0.462. The standard InChI is InChI=1S/C13H17N5OS/c1-7(2)5-19-13-16-9-10-8(15-6-18(10)4)11(14-3)17-12(9)20-13/h6-7H,5H2,1-4H3,(H,14,17). The monoisotopic (exact) mass is 291 g/mol. The molecule has 6 nitrogen and oxygen atoms in total. The van der Waals surface area contributed by atoms with Crippen LogP contribution in [0, 0.1) is 5.92 Å². The first-order chi connectivity index (χ1) is 9.60. The van der Waals surface area contributed by atoms with Crippen molar-refractivity contribution in [3.8, 4) is 5.19 Å². The first-order valence-corrected chi connectivity index (χ1v) is 7.34. The van der Waals surface area contributed by atoms with E-state index in [1.54, 1.807) is 6.33 Å². The molecule has 3 aromatic rings. The number of imidazole rings is 1. The summed E-state index contributed by atoms with van der Waals surface area (Å²) in [6, 6.07) is 0. The molecule has 0 aliphatic rings. The van der Waals surface area contributed by atoms with Crippen molar-refractivity contribution in [2.75, 3.05) is 19.0 Å². The minimum atomic E-state index is 0.472. The van der Waals surface area contributed by atoms with Gasteiger partial charge in [0.2, 0.25) is 0 Å². The van der Waals surface area contributed by atoms with E-state index < -0.39 is 0 Å². The molecular weight excluding hydrogens is 274 g/mol. The van der Waals surface area contributed by atoms with Crippen LogP contribution >= 0.6 is 11.3 Å². The van der Waals surface area contributed by atoms with Crippen LogP contribution in [-0.4, -0.2) is 33.2 Å². The van der Waals surface area contributed by atoms with E-state index in [-0.39, 0.29) is 0 Å². The van der Waals surface area contributed by atoms with Gasteiger partial charge in [0.05, 0.1) is 12.9 Å². The van der Waals surface area contributed by atoms with E-state index in [1.165, 1.54) is 11.3 Å². The maximum absolute atomic E-state index is 5.71. The van der Waals surface area contributed by atoms with Gasteiger partial charge in [0, 0.05) is 14.1 Å². The Morgan fingerprint density at radius 1 is 1.35 bits per heavy atom. The van der Waals surface area contributed by atoms with Crippen molar-refractivity contribution >= 4 is 38.5 Å². The number of hydrogen-bond acceptors (Lipinski definition) is 6. The quantitative estimate of drug-likeness (QED) is 0.800. The summed E-state index contributed by atoms with van der Waals surface area (Å²) in [4.78, 5) is 14.4. The van der Waals surface area contributed by atoms with Gasteiger partial charge < -0.3 is 14.6 Å². The van der Waals surface area contributed by atoms with Crippen LogP contribution in [0.4, 0.5) is 5.82 Å². The Hall–Kier alpha value is -1.89. The van der Waals surface area contributed by atoms with E-state index in [1.807, 2.05) is 18.7 Å². The van der Waals surface area contributed by atoms with Crippen LogP contribution in [-0.2, 0) is 7.05 Å². The average molecular weight is 291 g/mol. The molecule has 1 N–H and O–H groups in total. The van der Waals surface area contributed by atoms with Crippen LogP contribution in [0.3, 0.4) is 0 Å². The van der Waals surface area contributed by atoms with E-state index in [0.29, 0.717) is 17.7 Å². The summed E-state index contributed by atoms with van der Waals surface area (Å²) >= 11 is 1.47. The van der Waals surface area contributed by atoms with Gasteiger partial charge in [0.25, 0.3) is 5.19 Å². The molecule has 0 aliphatic carbocycles. The van der Waals surface area contributed by atoms with E-state index in [0.717, 1.165) is 27.2 Å². The van der Waals surface area contributed by atoms with E-state index in [4.69, 9.17) is 4.74 Å². The number of nitrogens with zero attached hydrogens (tertiary/aromatic N) is 4. The zero-order chi connectivity index (χ0) is 14.3. The van der Waals surface area contributed by atoms with Gasteiger partial charge in [0.1, 0.15) is 16.6 Å². The lowest BCUT2D eigenvalue weighted by Gasteiger charge is -2.03. The number of aryl methyl sites for hydroxylation is 1. The summed E-state index contributed by atoms with van der Waals surface area (Å²) in [6.45, 7) is 4.89. The summed E-state index contributed by atoms with van der Waals surface area (Å²) in [7, 11) is 3.81. The highest BCUT2D eigenvalue weighted by molar-refractivity contribution is 7.20. The molecule has 0 radical (unpaired) electrons. The number of thiazole rings is 1. The van der Waals surface area contributed by atoms with Crippen LogP contribution in [0.2, 0.25) is 0 Å². The number of ether oxygens (including phenoxy) is 1. The molecule has 0 saturated carbocycles. The molecule has 0 atom stereocenters. The fourth-order valence-electron chi connectivity index (χ4n) is 2.03. The maximum Gasteiger partial charge on any atom is 0.275 e. The second-order valence-electron chi connectivity index (χ2n) is 5.10. The van der Waals surface area contributed by atoms with Crippen LogP contribution < -0.4 is 10.1 Å². The van der Waals surface area contributed by atoms with Crippen molar-refractivity contribution in [3.05, 3.63) is 6.33 Å². The fourth-order valence-corrected chi connectivity index (χ4v) is 2.84. The molecule has 3 rings (SSSR count). The van der Waals surface area contributed by atoms with Crippen LogP contribution in [0.15, 0.2) is 6.33 Å². The Bertz CT molecular complexity index is 761. The molecular formula is C13H17N5OS. The van der Waals surface area contributed by atoms with Crippen molar-refractivity contribution in [1.82, 2.24) is 19.5 Å². The predicted molar refractivity (Wildman–Crippen MR) is 81.6 cm³/mol. The molecule has 0 bridgehead atoms. The maximum atomic E-state index is 5.71. The molecule has 7 heteroatoms. The minimum Gasteiger partial charge on any atom is -0.470 e. The second-order valence-corrected chi connectivity index (χ2v) is 6.04. The number of pyridine rings is 1. The summed E-state index contributed by atoms with van der Waals surface area (Å²) in [5, 5.41) is 3.75. The Balaban J connectivity index is 2.17. The third kappa shape index (κ3) is 2.07. The highest BCUT2D eigenvalue weighted by atomic mass is 32.1. The average Bonchev–Trinajstić information content (AvgIpc) is 2.98. The summed E-state index contributed by atoms with van der Waals surface area (Å²) < 4.78 is 7.67. The zero-order valence-electron chi connectivity index (χ0n) is 12.0. The number of rotatable bonds is 4. The third-order valence-corrected chi connectivity index (χ3v) is 3.83. The summed E-state index contributed by atoms with van der Waals surface area (Å²) in [6.07, 6.45) is 1.78. The molecule has 0 spiro atoms. The molecule has 20 heavy (non-hydrogen) atoms. The Morgan fingerprint density at radius 2 is 2.15 bits per heavy atom. The number of hydrogen-bond donors (Lipinski definition) is 1. The zero-order valence-corrected chi connectivity index (χ0v) is 12.8. The Morgan fingerprint density at radius 3 is 2.85 bits per heavy atom. The molecule has 0 amide bonds. The molecule has 0 aromatic carbocycles. The van der Waals surface area contributed by atoms with Crippen molar-refractivity contribution < 1.29 is 4.74 Å². The first kappa shape index (κ1) is 13.1. The topological polar surface area (TPSA) is 64.9 Å². The van der Waals surface area contributed by atoms with Crippen molar-refractivity contribution in [3.63, 3.8) is 0 Å². The van der Waals surface area contributed by atoms with Crippen LogP contribution in [0.5, 0.6) is 5.19 Å². The van der Waals surface area contributed by atoms with Gasteiger partial charge in [-0.1, -0.05) is 25.2 Å². The number of aromatic nitrogens is 4. The van der Waals surface area contributed by atoms with Crippen LogP contribution in [0.1, 0.15) is 13.8 Å². The largest absolute Gasteiger partial charge is 0.470 e. The normalized spacial score (nSPS) is 11.7. The first-order valence-electron chi connectivity index (χ1n) is 6.52. The molecule has 106 valence electrons. The molecule has 0 aliphatic heterocycles. The van der Waals surface area contributed by atoms with Crippen molar-refractivity contribution in [2.24, 2.45) is 13.0 Å². The number of fused-ring (bicyclic) bond motifs is 3. The predicted octanol–water partition coefficient (Wildman–Crippen LogP) is 2.65. The molecule has 3 aromatic heterocycles. The van der Waals surface area contributed by atoms with Crippen molar-refractivity contribution in [2.45, 2.75) is 13.8 Å². The number of nitrogens with one attached hydrogen (secondary N) is 1. The lowest BCUT2D eigenvalue weighted by molar-refractivity contribution is 0.270. The highest BCUT2D eigenvalue weighted by Gasteiger charge is 2.16. The molecule has 0 unspecified atom stereocenters. The minimum absolute atomic E-state index is 0.472. The Labute approximate surface area is 120 Å². The third-order valence-electron chi connectivity index (χ3n) is 2.97. The lowest BCUT2D eigenvalue weighted by Crippen LogP contribution is -2.03.